The molecule has 24 heavy (non-hydrogen) atoms. The Labute approximate surface area is 137 Å². The summed E-state index contributed by atoms with van der Waals surface area (Å²) in [5.41, 5.74) is 0.0580. The van der Waals surface area contributed by atoms with Gasteiger partial charge in [0, 0.05) is 11.8 Å². The van der Waals surface area contributed by atoms with E-state index in [0.29, 0.717) is 17.1 Å². The van der Waals surface area contributed by atoms with Crippen LogP contribution in [0.15, 0.2) is 65.5 Å². The molecule has 6 heteroatoms. The van der Waals surface area contributed by atoms with Gasteiger partial charge in [0.05, 0.1) is 5.69 Å². The molecule has 0 radical (unpaired) electrons. The summed E-state index contributed by atoms with van der Waals surface area (Å²) < 4.78 is 7.12. The zero-order chi connectivity index (χ0) is 17.1. The van der Waals surface area contributed by atoms with Gasteiger partial charge in [-0.15, -0.1) is 0 Å². The molecule has 0 spiro atoms. The highest BCUT2D eigenvalue weighted by Gasteiger charge is 2.13. The molecule has 0 bridgehead atoms. The van der Waals surface area contributed by atoms with Crippen molar-refractivity contribution in [2.45, 2.75) is 6.92 Å². The number of hydrogen-bond donors (Lipinski definition) is 1. The van der Waals surface area contributed by atoms with Crippen molar-refractivity contribution in [1.29, 1.82) is 0 Å². The molecule has 1 aromatic heterocycles. The van der Waals surface area contributed by atoms with Crippen molar-refractivity contribution in [3.63, 3.8) is 0 Å². The number of benzene rings is 2. The molecule has 0 unspecified atom stereocenters. The zero-order valence-corrected chi connectivity index (χ0v) is 12.8. The Balaban J connectivity index is 1.92. The average Bonchev–Trinajstić information content (AvgIpc) is 2.56. The van der Waals surface area contributed by atoms with Crippen LogP contribution < -0.4 is 10.2 Å². The van der Waals surface area contributed by atoms with Crippen molar-refractivity contribution >= 4 is 5.97 Å². The van der Waals surface area contributed by atoms with Crippen LogP contribution in [0.5, 0.6) is 11.5 Å². The first-order valence-electron chi connectivity index (χ1n) is 7.22. The molecule has 3 rings (SSSR count). The van der Waals surface area contributed by atoms with E-state index >= 15 is 0 Å². The lowest BCUT2D eigenvalue weighted by Crippen LogP contribution is -2.22. The molecule has 0 aliphatic heterocycles. The number of ether oxygens (including phenoxy) is 1. The minimum absolute atomic E-state index is 0.509. The Morgan fingerprint density at radius 2 is 1.67 bits per heavy atom. The molecule has 1 heterocycles. The lowest BCUT2D eigenvalue weighted by Gasteiger charge is -2.11. The highest BCUT2D eigenvalue weighted by Crippen LogP contribution is 2.22. The predicted octanol–water partition coefficient (Wildman–Crippen LogP) is 3.03. The maximum atomic E-state index is 11.6. The van der Waals surface area contributed by atoms with Gasteiger partial charge < -0.3 is 9.84 Å². The number of aromatic carboxylic acids is 1. The average molecular weight is 322 g/mol. The second-order valence-corrected chi connectivity index (χ2v) is 5.12. The largest absolute Gasteiger partial charge is 0.476 e. The van der Waals surface area contributed by atoms with Gasteiger partial charge in [-0.05, 0) is 43.3 Å². The normalized spacial score (nSPS) is 10.4. The van der Waals surface area contributed by atoms with Gasteiger partial charge in [0.2, 0.25) is 11.1 Å². The second kappa shape index (κ2) is 6.37. The lowest BCUT2D eigenvalue weighted by molar-refractivity contribution is 0.0686. The summed E-state index contributed by atoms with van der Waals surface area (Å²) in [6.45, 7) is 1.69. The van der Waals surface area contributed by atoms with Crippen molar-refractivity contribution in [2.75, 3.05) is 0 Å². The van der Waals surface area contributed by atoms with Gasteiger partial charge in [-0.25, -0.2) is 9.48 Å². The van der Waals surface area contributed by atoms with Crippen LogP contribution in [0.1, 0.15) is 16.2 Å². The van der Waals surface area contributed by atoms with Crippen molar-refractivity contribution in [2.24, 2.45) is 0 Å². The van der Waals surface area contributed by atoms with E-state index in [1.807, 2.05) is 30.3 Å². The molecule has 0 saturated heterocycles. The predicted molar refractivity (Wildman–Crippen MR) is 88.0 cm³/mol. The van der Waals surface area contributed by atoms with Gasteiger partial charge in [0.25, 0.3) is 0 Å². The van der Waals surface area contributed by atoms with Crippen molar-refractivity contribution in [3.8, 4) is 17.2 Å². The summed E-state index contributed by atoms with van der Waals surface area (Å²) in [4.78, 5) is 22.7. The molecule has 6 nitrogen and oxygen atoms in total. The standard InChI is InChI=1S/C18H14N2O4/c1-12-11-16(21)17(18(22)23)19-20(12)13-7-9-15(10-8-13)24-14-5-3-2-4-6-14/h2-11H,1H3,(H,22,23). The highest BCUT2D eigenvalue weighted by atomic mass is 16.5. The van der Waals surface area contributed by atoms with E-state index < -0.39 is 17.1 Å². The fourth-order valence-electron chi connectivity index (χ4n) is 2.24. The first-order valence-corrected chi connectivity index (χ1v) is 7.22. The first kappa shape index (κ1) is 15.5. The van der Waals surface area contributed by atoms with E-state index in [4.69, 9.17) is 9.84 Å². The number of hydrogen-bond acceptors (Lipinski definition) is 4. The summed E-state index contributed by atoms with van der Waals surface area (Å²) in [5.74, 6) is 0.0102. The SMILES string of the molecule is Cc1cc(=O)c(C(=O)O)nn1-c1ccc(Oc2ccccc2)cc1. The summed E-state index contributed by atoms with van der Waals surface area (Å²) >= 11 is 0. The molecular formula is C18H14N2O4. The van der Waals surface area contributed by atoms with Crippen LogP contribution in [0.2, 0.25) is 0 Å². The van der Waals surface area contributed by atoms with E-state index in [1.165, 1.54) is 10.7 Å². The van der Waals surface area contributed by atoms with Crippen LogP contribution in [-0.4, -0.2) is 20.9 Å². The molecule has 0 amide bonds. The number of rotatable bonds is 4. The van der Waals surface area contributed by atoms with Gasteiger partial charge in [-0.2, -0.15) is 5.10 Å². The van der Waals surface area contributed by atoms with Gasteiger partial charge in [0.15, 0.2) is 0 Å². The number of aryl methyl sites for hydroxylation is 1. The summed E-state index contributed by atoms with van der Waals surface area (Å²) in [6, 6.07) is 17.6. The Morgan fingerprint density at radius 1 is 1.04 bits per heavy atom. The summed E-state index contributed by atoms with van der Waals surface area (Å²) in [7, 11) is 0. The van der Waals surface area contributed by atoms with Gasteiger partial charge in [-0.1, -0.05) is 18.2 Å². The number of nitrogens with zero attached hydrogens (tertiary/aromatic N) is 2. The molecule has 120 valence electrons. The van der Waals surface area contributed by atoms with E-state index in [0.717, 1.165) is 5.75 Å². The van der Waals surface area contributed by atoms with Gasteiger partial charge >= 0.3 is 5.97 Å². The van der Waals surface area contributed by atoms with E-state index in [2.05, 4.69) is 5.10 Å². The Kier molecular flexibility index (Phi) is 4.11. The number of carbonyl (C=O) groups is 1. The Hall–Kier alpha value is -3.41. The number of carboxylic acids is 1. The fourth-order valence-corrected chi connectivity index (χ4v) is 2.24. The number of carboxylic acid groups (broad SMARTS) is 1. The second-order valence-electron chi connectivity index (χ2n) is 5.12. The third kappa shape index (κ3) is 3.17. The molecule has 1 N–H and O–H groups in total. The van der Waals surface area contributed by atoms with Crippen molar-refractivity contribution in [1.82, 2.24) is 9.78 Å². The molecular weight excluding hydrogens is 308 g/mol. The van der Waals surface area contributed by atoms with Crippen LogP contribution >= 0.6 is 0 Å². The molecule has 0 fully saturated rings. The maximum Gasteiger partial charge on any atom is 0.360 e. The smallest absolute Gasteiger partial charge is 0.360 e. The van der Waals surface area contributed by atoms with Crippen LogP contribution in [-0.2, 0) is 0 Å². The highest BCUT2D eigenvalue weighted by molar-refractivity contribution is 5.84. The third-order valence-electron chi connectivity index (χ3n) is 3.37. The van der Waals surface area contributed by atoms with E-state index in [1.54, 1.807) is 31.2 Å². The number of aromatic nitrogens is 2. The van der Waals surface area contributed by atoms with Gasteiger partial charge in [0.1, 0.15) is 11.5 Å². The maximum absolute atomic E-state index is 11.6. The van der Waals surface area contributed by atoms with Crippen molar-refractivity contribution in [3.05, 3.63) is 82.3 Å². The quantitative estimate of drug-likeness (QED) is 0.798. The number of para-hydroxylation sites is 1. The van der Waals surface area contributed by atoms with E-state index in [9.17, 15) is 9.59 Å². The lowest BCUT2D eigenvalue weighted by atomic mass is 10.2. The third-order valence-corrected chi connectivity index (χ3v) is 3.37. The monoisotopic (exact) mass is 322 g/mol. The van der Waals surface area contributed by atoms with Crippen LogP contribution in [0.3, 0.4) is 0 Å². The van der Waals surface area contributed by atoms with E-state index in [-0.39, 0.29) is 0 Å². The van der Waals surface area contributed by atoms with Crippen molar-refractivity contribution < 1.29 is 14.6 Å². The zero-order valence-electron chi connectivity index (χ0n) is 12.8. The molecule has 0 aliphatic carbocycles. The summed E-state index contributed by atoms with van der Waals surface area (Å²) in [6.07, 6.45) is 0. The van der Waals surface area contributed by atoms with Crippen LogP contribution in [0, 0.1) is 6.92 Å². The summed E-state index contributed by atoms with van der Waals surface area (Å²) in [5, 5.41) is 13.0. The minimum atomic E-state index is -1.35. The van der Waals surface area contributed by atoms with Crippen LogP contribution in [0.4, 0.5) is 0 Å². The molecule has 0 atom stereocenters. The minimum Gasteiger partial charge on any atom is -0.476 e. The Morgan fingerprint density at radius 3 is 2.29 bits per heavy atom. The first-order chi connectivity index (χ1) is 11.5. The topological polar surface area (TPSA) is 81.4 Å². The molecule has 3 aromatic rings. The Bertz CT molecular complexity index is 931. The van der Waals surface area contributed by atoms with Gasteiger partial charge in [-0.3, -0.25) is 4.79 Å². The molecule has 0 saturated carbocycles. The fraction of sp³-hybridized carbons (Fsp3) is 0.0556. The molecule has 0 aliphatic rings. The molecule has 2 aromatic carbocycles. The van der Waals surface area contributed by atoms with Crippen LogP contribution in [0.25, 0.3) is 5.69 Å².